The molecule has 2 N–H and O–H groups in total. The predicted octanol–water partition coefficient (Wildman–Crippen LogP) is 3.06. The Hall–Kier alpha value is -1.84. The second-order valence-corrected chi connectivity index (χ2v) is 7.48. The number of aromatic nitrogens is 3. The van der Waals surface area contributed by atoms with Crippen molar-refractivity contribution in [3.8, 4) is 0 Å². The number of nitrogens with zero attached hydrogens (tertiary/aromatic N) is 5. The summed E-state index contributed by atoms with van der Waals surface area (Å²) in [6.45, 7) is 9.12. The van der Waals surface area contributed by atoms with Gasteiger partial charge in [-0.3, -0.25) is 4.99 Å². The van der Waals surface area contributed by atoms with Gasteiger partial charge >= 0.3 is 0 Å². The van der Waals surface area contributed by atoms with E-state index < -0.39 is 0 Å². The van der Waals surface area contributed by atoms with E-state index in [4.69, 9.17) is 0 Å². The molecule has 0 radical (unpaired) electrons. The summed E-state index contributed by atoms with van der Waals surface area (Å²) in [4.78, 5) is 6.80. The molecule has 8 heteroatoms. The molecule has 0 atom stereocenters. The fraction of sp³-hybridized carbons (Fsp3) is 0.571. The molecule has 2 aromatic rings. The molecule has 1 aromatic carbocycles. The molecule has 0 aliphatic carbocycles. The first-order chi connectivity index (χ1) is 13.7. The lowest BCUT2D eigenvalue weighted by Gasteiger charge is -2.32. The number of hydrogen-bond acceptors (Lipinski definition) is 4. The molecule has 1 aromatic heterocycles. The highest BCUT2D eigenvalue weighted by Crippen LogP contribution is 2.23. The molecule has 29 heavy (non-hydrogen) atoms. The first kappa shape index (κ1) is 23.4. The fourth-order valence-electron chi connectivity index (χ4n) is 3.53. The second-order valence-electron chi connectivity index (χ2n) is 7.48. The maximum absolute atomic E-state index is 4.31. The van der Waals surface area contributed by atoms with Gasteiger partial charge in [-0.2, -0.15) is 0 Å². The van der Waals surface area contributed by atoms with Crippen LogP contribution < -0.4 is 15.5 Å². The first-order valence-electron chi connectivity index (χ1n) is 10.3. The van der Waals surface area contributed by atoms with E-state index in [-0.39, 0.29) is 24.0 Å². The lowest BCUT2D eigenvalue weighted by molar-refractivity contribution is 0.438. The molecule has 0 saturated carbocycles. The van der Waals surface area contributed by atoms with Crippen LogP contribution in [0.4, 0.5) is 5.69 Å². The quantitative estimate of drug-likeness (QED) is 0.340. The number of hydrogen-bond donors (Lipinski definition) is 2. The highest BCUT2D eigenvalue weighted by atomic mass is 127. The van der Waals surface area contributed by atoms with Crippen molar-refractivity contribution in [3.05, 3.63) is 42.0 Å². The largest absolute Gasteiger partial charge is 0.372 e. The molecule has 1 saturated heterocycles. The minimum Gasteiger partial charge on any atom is -0.372 e. The van der Waals surface area contributed by atoms with Crippen molar-refractivity contribution >= 4 is 35.6 Å². The third-order valence-corrected chi connectivity index (χ3v) is 5.43. The zero-order valence-electron chi connectivity index (χ0n) is 17.8. The van der Waals surface area contributed by atoms with Crippen LogP contribution in [0.5, 0.6) is 0 Å². The van der Waals surface area contributed by atoms with Crippen LogP contribution >= 0.6 is 24.0 Å². The van der Waals surface area contributed by atoms with Crippen LogP contribution in [0.3, 0.4) is 0 Å². The van der Waals surface area contributed by atoms with Crippen LogP contribution in [0.25, 0.3) is 0 Å². The Kier molecular flexibility index (Phi) is 9.69. The van der Waals surface area contributed by atoms with Gasteiger partial charge in [-0.25, -0.2) is 0 Å². The Morgan fingerprint density at radius 1 is 1.17 bits per heavy atom. The van der Waals surface area contributed by atoms with Crippen molar-refractivity contribution in [2.24, 2.45) is 10.9 Å². The minimum absolute atomic E-state index is 0. The highest BCUT2D eigenvalue weighted by molar-refractivity contribution is 14.0. The van der Waals surface area contributed by atoms with Gasteiger partial charge in [-0.1, -0.05) is 26.0 Å². The van der Waals surface area contributed by atoms with Gasteiger partial charge in [0.25, 0.3) is 0 Å². The number of rotatable bonds is 7. The molecule has 1 aliphatic heterocycles. The molecule has 0 spiro atoms. The molecular formula is C21H34IN7. The molecule has 0 bridgehead atoms. The van der Waals surface area contributed by atoms with Gasteiger partial charge < -0.3 is 20.1 Å². The molecule has 160 valence electrons. The van der Waals surface area contributed by atoms with Crippen LogP contribution in [-0.2, 0) is 19.5 Å². The SMILES string of the molecule is CCc1nncn1CCNC(=NC)NCc1ccc(N2CCC(C)CC2)cc1.I. The van der Waals surface area contributed by atoms with Crippen LogP contribution in [0.1, 0.15) is 38.1 Å². The summed E-state index contributed by atoms with van der Waals surface area (Å²) >= 11 is 0. The minimum atomic E-state index is 0. The summed E-state index contributed by atoms with van der Waals surface area (Å²) in [7, 11) is 1.80. The molecule has 3 rings (SSSR count). The summed E-state index contributed by atoms with van der Waals surface area (Å²) in [5.74, 6) is 2.67. The standard InChI is InChI=1S/C21H33N7.HI/c1-4-20-26-25-16-28(20)14-11-23-21(22-3)24-15-18-5-7-19(8-6-18)27-12-9-17(2)10-13-27;/h5-8,16-17H,4,9-15H2,1-3H3,(H2,22,23,24);1H. The second kappa shape index (κ2) is 12.0. The molecular weight excluding hydrogens is 477 g/mol. The molecule has 1 aliphatic rings. The zero-order valence-corrected chi connectivity index (χ0v) is 20.1. The van der Waals surface area contributed by atoms with E-state index in [0.29, 0.717) is 0 Å². The maximum Gasteiger partial charge on any atom is 0.191 e. The lowest BCUT2D eigenvalue weighted by Crippen LogP contribution is -2.38. The van der Waals surface area contributed by atoms with Gasteiger partial charge in [-0.15, -0.1) is 34.2 Å². The van der Waals surface area contributed by atoms with E-state index >= 15 is 0 Å². The summed E-state index contributed by atoms with van der Waals surface area (Å²) in [6, 6.07) is 8.89. The van der Waals surface area contributed by atoms with E-state index in [9.17, 15) is 0 Å². The van der Waals surface area contributed by atoms with E-state index in [2.05, 4.69) is 73.4 Å². The topological polar surface area (TPSA) is 70.4 Å². The number of benzene rings is 1. The van der Waals surface area contributed by atoms with E-state index in [1.807, 2.05) is 0 Å². The average molecular weight is 511 g/mol. The van der Waals surface area contributed by atoms with Crippen LogP contribution in [0, 0.1) is 5.92 Å². The Morgan fingerprint density at radius 3 is 2.55 bits per heavy atom. The number of aryl methyl sites for hydroxylation is 1. The number of guanidine groups is 1. The van der Waals surface area contributed by atoms with E-state index in [1.165, 1.54) is 37.2 Å². The van der Waals surface area contributed by atoms with Crippen LogP contribution in [0.15, 0.2) is 35.6 Å². The third-order valence-electron chi connectivity index (χ3n) is 5.43. The summed E-state index contributed by atoms with van der Waals surface area (Å²) in [6.07, 6.45) is 5.25. The molecule has 2 heterocycles. The number of halogens is 1. The summed E-state index contributed by atoms with van der Waals surface area (Å²) in [5.41, 5.74) is 2.59. The van der Waals surface area contributed by atoms with Gasteiger partial charge in [0.15, 0.2) is 5.96 Å². The third kappa shape index (κ3) is 6.87. The fourth-order valence-corrected chi connectivity index (χ4v) is 3.53. The summed E-state index contributed by atoms with van der Waals surface area (Å²) < 4.78 is 2.07. The Balaban J connectivity index is 0.00000300. The first-order valence-corrected chi connectivity index (χ1v) is 10.3. The van der Waals surface area contributed by atoms with Crippen molar-refractivity contribution < 1.29 is 0 Å². The zero-order chi connectivity index (χ0) is 19.8. The van der Waals surface area contributed by atoms with Crippen molar-refractivity contribution in [2.75, 3.05) is 31.6 Å². The van der Waals surface area contributed by atoms with Gasteiger partial charge in [-0.05, 0) is 36.5 Å². The van der Waals surface area contributed by atoms with Crippen molar-refractivity contribution in [2.45, 2.75) is 46.2 Å². The van der Waals surface area contributed by atoms with Gasteiger partial charge in [0.2, 0.25) is 0 Å². The maximum atomic E-state index is 4.31. The number of anilines is 1. The predicted molar refractivity (Wildman–Crippen MR) is 130 cm³/mol. The molecule has 0 unspecified atom stereocenters. The monoisotopic (exact) mass is 511 g/mol. The van der Waals surface area contributed by atoms with Gasteiger partial charge in [0.1, 0.15) is 12.2 Å². The van der Waals surface area contributed by atoms with Gasteiger partial charge in [0.05, 0.1) is 0 Å². The van der Waals surface area contributed by atoms with Crippen molar-refractivity contribution in [3.63, 3.8) is 0 Å². The van der Waals surface area contributed by atoms with E-state index in [0.717, 1.165) is 43.8 Å². The Morgan fingerprint density at radius 2 is 1.90 bits per heavy atom. The lowest BCUT2D eigenvalue weighted by atomic mass is 9.99. The number of aliphatic imine (C=N–C) groups is 1. The smallest absolute Gasteiger partial charge is 0.191 e. The molecule has 1 fully saturated rings. The molecule has 7 nitrogen and oxygen atoms in total. The van der Waals surface area contributed by atoms with E-state index in [1.54, 1.807) is 13.4 Å². The number of nitrogens with one attached hydrogen (secondary N) is 2. The normalized spacial score (nSPS) is 15.1. The molecule has 0 amide bonds. The van der Waals surface area contributed by atoms with Crippen LogP contribution in [0.2, 0.25) is 0 Å². The van der Waals surface area contributed by atoms with Crippen molar-refractivity contribution in [1.29, 1.82) is 0 Å². The Labute approximate surface area is 191 Å². The average Bonchev–Trinajstić information content (AvgIpc) is 3.19. The summed E-state index contributed by atoms with van der Waals surface area (Å²) in [5, 5.41) is 14.8. The van der Waals surface area contributed by atoms with Gasteiger partial charge in [0, 0.05) is 51.9 Å². The highest BCUT2D eigenvalue weighted by Gasteiger charge is 2.15. The Bertz CT molecular complexity index is 749. The van der Waals surface area contributed by atoms with Crippen molar-refractivity contribution in [1.82, 2.24) is 25.4 Å². The number of piperidine rings is 1. The van der Waals surface area contributed by atoms with Crippen LogP contribution in [-0.4, -0.2) is 47.4 Å².